The topological polar surface area (TPSA) is 36.0 Å². The predicted octanol–water partition coefficient (Wildman–Crippen LogP) is 4.54. The number of phenols is 1. The second-order valence-corrected chi connectivity index (χ2v) is 6.05. The maximum Gasteiger partial charge on any atom is 0.148 e. The number of aryl methyl sites for hydroxylation is 2. The van der Waals surface area contributed by atoms with Gasteiger partial charge in [-0.25, -0.2) is 4.39 Å². The molecular weight excluding hydrogens is 321 g/mol. The van der Waals surface area contributed by atoms with Crippen LogP contribution in [0.2, 0.25) is 0 Å². The molecule has 0 amide bonds. The number of halogens is 2. The van der Waals surface area contributed by atoms with Gasteiger partial charge in [-0.1, -0.05) is 22.0 Å². The summed E-state index contributed by atoms with van der Waals surface area (Å²) in [6, 6.07) is 8.79. The minimum Gasteiger partial charge on any atom is -0.508 e. The van der Waals surface area contributed by atoms with Crippen LogP contribution in [0.5, 0.6) is 5.75 Å². The van der Waals surface area contributed by atoms with Gasteiger partial charge in [0.15, 0.2) is 0 Å². The fourth-order valence-electron chi connectivity index (χ4n) is 3.04. The number of aromatic nitrogens is 1. The highest BCUT2D eigenvalue weighted by atomic mass is 79.9. The van der Waals surface area contributed by atoms with Crippen molar-refractivity contribution in [3.8, 4) is 17.0 Å². The van der Waals surface area contributed by atoms with Crippen molar-refractivity contribution in [2.24, 2.45) is 0 Å². The zero-order chi connectivity index (χ0) is 13.9. The Morgan fingerprint density at radius 2 is 2.00 bits per heavy atom. The Bertz CT molecular complexity index is 853. The number of nitrogens with one attached hydrogen (secondary N) is 1. The summed E-state index contributed by atoms with van der Waals surface area (Å²) >= 11 is 3.35. The van der Waals surface area contributed by atoms with E-state index < -0.39 is 0 Å². The largest absolute Gasteiger partial charge is 0.508 e. The summed E-state index contributed by atoms with van der Waals surface area (Å²) in [5.41, 5.74) is 4.74. The highest BCUT2D eigenvalue weighted by Crippen LogP contribution is 2.40. The number of hydrogen-bond acceptors (Lipinski definition) is 1. The third-order valence-corrected chi connectivity index (χ3v) is 4.40. The number of hydrogen-bond donors (Lipinski definition) is 2. The van der Waals surface area contributed by atoms with E-state index >= 15 is 0 Å². The summed E-state index contributed by atoms with van der Waals surface area (Å²) in [6.45, 7) is 0. The Hall–Kier alpha value is -1.81. The lowest BCUT2D eigenvalue weighted by atomic mass is 9.89. The molecule has 4 rings (SSSR count). The van der Waals surface area contributed by atoms with Crippen molar-refractivity contribution in [2.75, 3.05) is 0 Å². The van der Waals surface area contributed by atoms with E-state index in [1.807, 2.05) is 12.1 Å². The summed E-state index contributed by atoms with van der Waals surface area (Å²) in [5.74, 6) is -0.0256. The van der Waals surface area contributed by atoms with E-state index in [4.69, 9.17) is 0 Å². The molecule has 2 aromatic carbocycles. The monoisotopic (exact) mass is 331 g/mol. The van der Waals surface area contributed by atoms with Crippen LogP contribution in [0.15, 0.2) is 34.8 Å². The Balaban J connectivity index is 2.09. The second-order valence-electron chi connectivity index (χ2n) is 5.13. The lowest BCUT2D eigenvalue weighted by Gasteiger charge is -2.16. The average Bonchev–Trinajstić information content (AvgIpc) is 2.78. The van der Waals surface area contributed by atoms with E-state index in [1.165, 1.54) is 11.6 Å². The van der Waals surface area contributed by atoms with Crippen molar-refractivity contribution >= 4 is 26.8 Å². The van der Waals surface area contributed by atoms with E-state index in [0.717, 1.165) is 39.5 Å². The first-order valence-electron chi connectivity index (χ1n) is 6.45. The van der Waals surface area contributed by atoms with E-state index in [2.05, 4.69) is 20.9 Å². The van der Waals surface area contributed by atoms with Gasteiger partial charge < -0.3 is 10.1 Å². The van der Waals surface area contributed by atoms with Crippen LogP contribution in [0.1, 0.15) is 11.1 Å². The van der Waals surface area contributed by atoms with Gasteiger partial charge in [0.05, 0.1) is 11.2 Å². The maximum atomic E-state index is 14.1. The molecule has 3 aromatic rings. The second kappa shape index (κ2) is 4.09. The third-order valence-electron chi connectivity index (χ3n) is 3.94. The number of aromatic hydroxyl groups is 1. The fourth-order valence-corrected chi connectivity index (χ4v) is 3.47. The van der Waals surface area contributed by atoms with E-state index in [1.54, 1.807) is 12.1 Å². The minimum absolute atomic E-state index is 0.233. The van der Waals surface area contributed by atoms with Crippen LogP contribution in [-0.4, -0.2) is 10.1 Å². The van der Waals surface area contributed by atoms with Crippen molar-refractivity contribution in [3.63, 3.8) is 0 Å². The molecule has 1 heterocycles. The van der Waals surface area contributed by atoms with Crippen LogP contribution in [0.25, 0.3) is 22.2 Å². The first kappa shape index (κ1) is 12.0. The molecule has 1 aliphatic carbocycles. The van der Waals surface area contributed by atoms with E-state index in [-0.39, 0.29) is 11.6 Å². The van der Waals surface area contributed by atoms with Crippen molar-refractivity contribution in [3.05, 3.63) is 51.7 Å². The van der Waals surface area contributed by atoms with E-state index in [9.17, 15) is 9.50 Å². The normalized spacial score (nSPS) is 13.3. The number of fused-ring (bicyclic) bond motifs is 5. The summed E-state index contributed by atoms with van der Waals surface area (Å²) in [4.78, 5) is 3.19. The number of benzene rings is 2. The predicted molar refractivity (Wildman–Crippen MR) is 80.5 cm³/mol. The molecule has 0 aliphatic heterocycles. The maximum absolute atomic E-state index is 14.1. The molecule has 0 radical (unpaired) electrons. The molecule has 0 unspecified atom stereocenters. The summed E-state index contributed by atoms with van der Waals surface area (Å²) in [5, 5.41) is 10.6. The molecule has 1 aliphatic rings. The van der Waals surface area contributed by atoms with Crippen molar-refractivity contribution < 1.29 is 9.50 Å². The zero-order valence-corrected chi connectivity index (χ0v) is 12.1. The van der Waals surface area contributed by atoms with Gasteiger partial charge in [-0.2, -0.15) is 0 Å². The van der Waals surface area contributed by atoms with Crippen LogP contribution in [-0.2, 0) is 12.8 Å². The SMILES string of the molecule is Oc1ccc2c(c1)-c1[nH]c3c(F)cc(Br)cc3c1CC2. The smallest absolute Gasteiger partial charge is 0.148 e. The van der Waals surface area contributed by atoms with Gasteiger partial charge >= 0.3 is 0 Å². The zero-order valence-electron chi connectivity index (χ0n) is 10.5. The van der Waals surface area contributed by atoms with Gasteiger partial charge in [-0.15, -0.1) is 0 Å². The summed E-state index contributed by atoms with van der Waals surface area (Å²) in [7, 11) is 0. The van der Waals surface area contributed by atoms with Crippen molar-refractivity contribution in [2.45, 2.75) is 12.8 Å². The summed E-state index contributed by atoms with van der Waals surface area (Å²) < 4.78 is 14.8. The highest BCUT2D eigenvalue weighted by Gasteiger charge is 2.22. The van der Waals surface area contributed by atoms with Crippen LogP contribution in [0.4, 0.5) is 4.39 Å². The van der Waals surface area contributed by atoms with Crippen molar-refractivity contribution in [1.29, 1.82) is 0 Å². The molecule has 0 spiro atoms. The van der Waals surface area contributed by atoms with Gasteiger partial charge in [0.2, 0.25) is 0 Å². The lowest BCUT2D eigenvalue weighted by Crippen LogP contribution is -2.02. The molecule has 0 bridgehead atoms. The molecule has 1 aromatic heterocycles. The molecule has 2 N–H and O–H groups in total. The molecule has 2 nitrogen and oxygen atoms in total. The Morgan fingerprint density at radius 3 is 2.85 bits per heavy atom. The highest BCUT2D eigenvalue weighted by molar-refractivity contribution is 9.10. The first-order chi connectivity index (χ1) is 9.63. The average molecular weight is 332 g/mol. The van der Waals surface area contributed by atoms with E-state index in [0.29, 0.717) is 5.52 Å². The lowest BCUT2D eigenvalue weighted by molar-refractivity contribution is 0.475. The standard InChI is InChI=1S/C16H11BrFNO/c17-9-5-13-11-4-2-8-1-3-10(20)7-12(8)15(11)19-16(13)14(18)6-9/h1,3,5-7,19-20H,2,4H2. The molecule has 100 valence electrons. The number of H-pyrrole nitrogens is 1. The quantitative estimate of drug-likeness (QED) is 0.623. The van der Waals surface area contributed by atoms with Gasteiger partial charge in [0.25, 0.3) is 0 Å². The van der Waals surface area contributed by atoms with Crippen LogP contribution in [0.3, 0.4) is 0 Å². The molecule has 0 saturated carbocycles. The van der Waals surface area contributed by atoms with Crippen molar-refractivity contribution in [1.82, 2.24) is 4.98 Å². The molecule has 20 heavy (non-hydrogen) atoms. The molecule has 0 atom stereocenters. The Labute approximate surface area is 123 Å². The molecule has 0 saturated heterocycles. The minimum atomic E-state index is -0.259. The third kappa shape index (κ3) is 1.61. The Morgan fingerprint density at radius 1 is 1.15 bits per heavy atom. The Kier molecular flexibility index (Phi) is 2.45. The molecular formula is C16H11BrFNO. The van der Waals surface area contributed by atoms with Crippen LogP contribution < -0.4 is 0 Å². The van der Waals surface area contributed by atoms with Crippen LogP contribution >= 0.6 is 15.9 Å². The molecule has 4 heteroatoms. The fraction of sp³-hybridized carbons (Fsp3) is 0.125. The first-order valence-corrected chi connectivity index (χ1v) is 7.24. The number of rotatable bonds is 0. The van der Waals surface area contributed by atoms with Crippen LogP contribution in [0, 0.1) is 5.82 Å². The van der Waals surface area contributed by atoms with Gasteiger partial charge in [-0.3, -0.25) is 0 Å². The van der Waals surface area contributed by atoms with Gasteiger partial charge in [0, 0.05) is 15.4 Å². The van der Waals surface area contributed by atoms with Gasteiger partial charge in [-0.05, 0) is 48.2 Å². The number of aromatic amines is 1. The van der Waals surface area contributed by atoms with Gasteiger partial charge in [0.1, 0.15) is 11.6 Å². The number of phenolic OH excluding ortho intramolecular Hbond substituents is 1. The summed E-state index contributed by atoms with van der Waals surface area (Å²) in [6.07, 6.45) is 1.78. The molecule has 0 fully saturated rings.